The number of hydrogen-bond acceptors (Lipinski definition) is 8. The number of ether oxygens (including phenoxy) is 4. The molecular formula is C25H34N4O5. The largest absolute Gasteiger partial charge is 0.488 e. The van der Waals surface area contributed by atoms with Crippen molar-refractivity contribution in [3.63, 3.8) is 0 Å². The second-order valence-electron chi connectivity index (χ2n) is 9.60. The lowest BCUT2D eigenvalue weighted by Crippen LogP contribution is -2.30. The van der Waals surface area contributed by atoms with Gasteiger partial charge < -0.3 is 18.9 Å². The molecule has 1 aliphatic heterocycles. The highest BCUT2D eigenvalue weighted by Gasteiger charge is 2.33. The third kappa shape index (κ3) is 5.25. The number of nitrogens with zero attached hydrogens (tertiary/aromatic N) is 4. The molecule has 9 heteroatoms. The second kappa shape index (κ2) is 10.4. The molecule has 2 aromatic heterocycles. The summed E-state index contributed by atoms with van der Waals surface area (Å²) in [4.78, 5) is 17.0. The van der Waals surface area contributed by atoms with E-state index in [0.29, 0.717) is 18.9 Å². The Kier molecular flexibility index (Phi) is 7.10. The lowest BCUT2D eigenvalue weighted by molar-refractivity contribution is -0.169. The molecule has 3 atom stereocenters. The van der Waals surface area contributed by atoms with E-state index < -0.39 is 0 Å². The summed E-state index contributed by atoms with van der Waals surface area (Å²) >= 11 is 0. The topological polar surface area (TPSA) is 97.6 Å². The summed E-state index contributed by atoms with van der Waals surface area (Å²) in [5.74, 6) is 0.997. The first kappa shape index (κ1) is 23.2. The molecule has 1 unspecified atom stereocenters. The minimum Gasteiger partial charge on any atom is -0.488 e. The summed E-state index contributed by atoms with van der Waals surface area (Å²) in [5, 5.41) is 8.62. The Hall–Kier alpha value is -2.52. The lowest BCUT2D eigenvalue weighted by atomic mass is 9.87. The Morgan fingerprint density at radius 3 is 2.79 bits per heavy atom. The Balaban J connectivity index is 1.32. The summed E-state index contributed by atoms with van der Waals surface area (Å²) in [6.45, 7) is 1.12. The Labute approximate surface area is 200 Å². The average molecular weight is 471 g/mol. The summed E-state index contributed by atoms with van der Waals surface area (Å²) < 4.78 is 24.8. The fourth-order valence-electron chi connectivity index (χ4n) is 4.91. The van der Waals surface area contributed by atoms with Gasteiger partial charge in [-0.1, -0.05) is 5.21 Å². The molecule has 2 saturated carbocycles. The number of esters is 1. The quantitative estimate of drug-likeness (QED) is 0.536. The zero-order valence-corrected chi connectivity index (χ0v) is 20.1. The van der Waals surface area contributed by atoms with E-state index in [0.717, 1.165) is 86.5 Å². The van der Waals surface area contributed by atoms with E-state index >= 15 is 0 Å². The molecule has 1 saturated heterocycles. The van der Waals surface area contributed by atoms with Gasteiger partial charge in [-0.3, -0.25) is 4.79 Å². The molecule has 3 fully saturated rings. The minimum absolute atomic E-state index is 0.000953. The van der Waals surface area contributed by atoms with Crippen LogP contribution in [0.3, 0.4) is 0 Å². The predicted molar refractivity (Wildman–Crippen MR) is 123 cm³/mol. The van der Waals surface area contributed by atoms with Crippen LogP contribution >= 0.6 is 0 Å². The van der Waals surface area contributed by atoms with Crippen LogP contribution < -0.4 is 4.74 Å². The van der Waals surface area contributed by atoms with E-state index in [1.807, 2.05) is 19.2 Å². The molecule has 9 nitrogen and oxygen atoms in total. The minimum atomic E-state index is -0.174. The molecular weight excluding hydrogens is 436 g/mol. The van der Waals surface area contributed by atoms with Gasteiger partial charge in [0.1, 0.15) is 11.4 Å². The highest BCUT2D eigenvalue weighted by Crippen LogP contribution is 2.45. The normalized spacial score (nSPS) is 25.2. The zero-order valence-electron chi connectivity index (χ0n) is 20.1. The first-order chi connectivity index (χ1) is 16.6. The number of aryl methyl sites for hydroxylation is 1. The summed E-state index contributed by atoms with van der Waals surface area (Å²) in [7, 11) is 3.33. The maximum absolute atomic E-state index is 12.0. The number of hydrogen-bond donors (Lipinski definition) is 0. The molecule has 34 heavy (non-hydrogen) atoms. The van der Waals surface area contributed by atoms with E-state index in [2.05, 4.69) is 10.3 Å². The number of methoxy groups -OCH3 is 1. The van der Waals surface area contributed by atoms with Crippen molar-refractivity contribution < 1.29 is 23.7 Å². The zero-order chi connectivity index (χ0) is 23.5. The Morgan fingerprint density at radius 2 is 2.03 bits per heavy atom. The monoisotopic (exact) mass is 470 g/mol. The van der Waals surface area contributed by atoms with Gasteiger partial charge >= 0.3 is 5.97 Å². The summed E-state index contributed by atoms with van der Waals surface area (Å²) in [6, 6.07) is 3.95. The van der Waals surface area contributed by atoms with Crippen molar-refractivity contribution in [3.8, 4) is 17.1 Å². The number of carbonyl (C=O) groups is 1. The molecule has 0 bridgehead atoms. The first-order valence-corrected chi connectivity index (χ1v) is 12.5. The van der Waals surface area contributed by atoms with E-state index in [4.69, 9.17) is 23.9 Å². The Bertz CT molecular complexity index is 999. The highest BCUT2D eigenvalue weighted by atomic mass is 16.7. The van der Waals surface area contributed by atoms with Gasteiger partial charge in [0, 0.05) is 19.6 Å². The van der Waals surface area contributed by atoms with Gasteiger partial charge in [0.05, 0.1) is 42.8 Å². The molecule has 0 spiro atoms. The van der Waals surface area contributed by atoms with Crippen molar-refractivity contribution in [2.45, 2.75) is 82.7 Å². The number of rotatable bonds is 8. The summed E-state index contributed by atoms with van der Waals surface area (Å²) in [6.07, 6.45) is 8.61. The van der Waals surface area contributed by atoms with Crippen LogP contribution in [0.5, 0.6) is 5.75 Å². The molecule has 0 N–H and O–H groups in total. The van der Waals surface area contributed by atoms with Crippen LogP contribution in [0.2, 0.25) is 0 Å². The van der Waals surface area contributed by atoms with E-state index in [9.17, 15) is 4.79 Å². The van der Waals surface area contributed by atoms with Crippen molar-refractivity contribution in [3.05, 3.63) is 23.5 Å². The third-order valence-electron chi connectivity index (χ3n) is 7.03. The van der Waals surface area contributed by atoms with Crippen LogP contribution in [0.4, 0.5) is 0 Å². The van der Waals surface area contributed by atoms with Crippen LogP contribution in [-0.2, 0) is 32.7 Å². The van der Waals surface area contributed by atoms with Crippen LogP contribution in [0.15, 0.2) is 12.1 Å². The van der Waals surface area contributed by atoms with Crippen LogP contribution in [0.25, 0.3) is 11.4 Å². The molecule has 184 valence electrons. The predicted octanol–water partition coefficient (Wildman–Crippen LogP) is 3.91. The summed E-state index contributed by atoms with van der Waals surface area (Å²) in [5.41, 5.74) is 3.37. The maximum Gasteiger partial charge on any atom is 0.308 e. The van der Waals surface area contributed by atoms with Crippen molar-refractivity contribution in [2.24, 2.45) is 13.0 Å². The van der Waals surface area contributed by atoms with Crippen LogP contribution in [0.1, 0.15) is 75.1 Å². The smallest absolute Gasteiger partial charge is 0.308 e. The molecule has 2 aromatic rings. The van der Waals surface area contributed by atoms with Crippen molar-refractivity contribution in [2.75, 3.05) is 13.7 Å². The highest BCUT2D eigenvalue weighted by molar-refractivity contribution is 5.72. The second-order valence-corrected chi connectivity index (χ2v) is 9.60. The fourth-order valence-corrected chi connectivity index (χ4v) is 4.91. The van der Waals surface area contributed by atoms with Gasteiger partial charge in [0.2, 0.25) is 0 Å². The van der Waals surface area contributed by atoms with Gasteiger partial charge in [-0.25, -0.2) is 9.67 Å². The van der Waals surface area contributed by atoms with Gasteiger partial charge in [-0.05, 0) is 69.9 Å². The number of aromatic nitrogens is 4. The van der Waals surface area contributed by atoms with Crippen LogP contribution in [-0.4, -0.2) is 52.1 Å². The van der Waals surface area contributed by atoms with E-state index in [1.165, 1.54) is 7.11 Å². The SMILES string of the molecule is COC(=O)[C@H]1CCC[C@H](Oc2ccc(-c3nnn(C)c3COC3CCCCO3)nc2C2CC2)C1. The van der Waals surface area contributed by atoms with Gasteiger partial charge in [0.25, 0.3) is 0 Å². The van der Waals surface area contributed by atoms with Gasteiger partial charge in [-0.2, -0.15) is 0 Å². The number of pyridine rings is 1. The lowest BCUT2D eigenvalue weighted by Gasteiger charge is -2.28. The van der Waals surface area contributed by atoms with Gasteiger partial charge in [0.15, 0.2) is 6.29 Å². The molecule has 3 heterocycles. The molecule has 0 aromatic carbocycles. The van der Waals surface area contributed by atoms with Crippen molar-refractivity contribution in [1.82, 2.24) is 20.0 Å². The number of carbonyl (C=O) groups excluding carboxylic acids is 1. The fraction of sp³-hybridized carbons (Fsp3) is 0.680. The first-order valence-electron chi connectivity index (χ1n) is 12.5. The van der Waals surface area contributed by atoms with Crippen molar-refractivity contribution in [1.29, 1.82) is 0 Å². The van der Waals surface area contributed by atoms with E-state index in [1.54, 1.807) is 4.68 Å². The maximum atomic E-state index is 12.0. The molecule has 0 radical (unpaired) electrons. The molecule has 0 amide bonds. The Morgan fingerprint density at radius 1 is 1.15 bits per heavy atom. The van der Waals surface area contributed by atoms with E-state index in [-0.39, 0.29) is 24.3 Å². The molecule has 2 aliphatic carbocycles. The molecule has 5 rings (SSSR count). The standard InChI is InChI=1S/C25H34N4O5/c1-29-20(15-33-22-8-3-4-13-32-22)24(27-28-29)19-11-12-21(23(26-19)16-9-10-16)34-18-7-5-6-17(14-18)25(30)31-2/h11-12,16-18,22H,3-10,13-15H2,1-2H3/t17-,18-,22?/m0/s1. The third-order valence-corrected chi connectivity index (χ3v) is 7.03. The molecule has 3 aliphatic rings. The average Bonchev–Trinajstić information content (AvgIpc) is 3.66. The van der Waals surface area contributed by atoms with Gasteiger partial charge in [-0.15, -0.1) is 5.10 Å². The van der Waals surface area contributed by atoms with Crippen LogP contribution in [0, 0.1) is 5.92 Å². The van der Waals surface area contributed by atoms with Crippen molar-refractivity contribution >= 4 is 5.97 Å².